The number of ketones is 1. The number of esters is 2. The number of carbonyl (C=O) groups is 3. The van der Waals surface area contributed by atoms with E-state index < -0.39 is 84.5 Å². The van der Waals surface area contributed by atoms with Gasteiger partial charge in [0, 0.05) is 25.2 Å². The van der Waals surface area contributed by atoms with E-state index in [1.807, 2.05) is 0 Å². The van der Waals surface area contributed by atoms with Gasteiger partial charge in [-0.05, 0) is 55.3 Å². The third kappa shape index (κ3) is 4.87. The first-order valence-electron chi connectivity index (χ1n) is 16.6. The van der Waals surface area contributed by atoms with E-state index in [1.54, 1.807) is 58.0 Å². The lowest BCUT2D eigenvalue weighted by Crippen LogP contribution is -2.82. The summed E-state index contributed by atoms with van der Waals surface area (Å²) in [5, 5.41) is 36.5. The molecule has 3 N–H and O–H groups in total. The van der Waals surface area contributed by atoms with Gasteiger partial charge in [0.2, 0.25) is 0 Å². The van der Waals surface area contributed by atoms with Crippen LogP contribution in [0.15, 0.2) is 41.5 Å². The zero-order chi connectivity index (χ0) is 34.0. The van der Waals surface area contributed by atoms with E-state index in [0.717, 1.165) is 18.1 Å². The summed E-state index contributed by atoms with van der Waals surface area (Å²) >= 11 is 0. The van der Waals surface area contributed by atoms with Crippen molar-refractivity contribution in [1.29, 1.82) is 0 Å². The normalized spacial score (nSPS) is 38.5. The highest BCUT2D eigenvalue weighted by Gasteiger charge is 2.78. The molecule has 1 aromatic carbocycles. The van der Waals surface area contributed by atoms with E-state index in [4.69, 9.17) is 18.6 Å². The number of ether oxygens (including phenoxy) is 3. The highest BCUT2D eigenvalue weighted by atomic mass is 28.4. The first-order valence-corrected chi connectivity index (χ1v) is 19.1. The fraction of sp³-hybridized carbons (Fsp3) is 0.686. The molecule has 0 radical (unpaired) electrons. The summed E-state index contributed by atoms with van der Waals surface area (Å²) in [5.41, 5.74) is -5.70. The van der Waals surface area contributed by atoms with Crippen LogP contribution >= 0.6 is 0 Å². The highest BCUT2D eigenvalue weighted by molar-refractivity contribution is 6.73. The van der Waals surface area contributed by atoms with E-state index in [-0.39, 0.29) is 30.6 Å². The van der Waals surface area contributed by atoms with Gasteiger partial charge in [0.15, 0.2) is 19.7 Å². The molecule has 3 fully saturated rings. The molecule has 46 heavy (non-hydrogen) atoms. The average molecular weight is 659 g/mol. The van der Waals surface area contributed by atoms with Gasteiger partial charge < -0.3 is 34.0 Å². The third-order valence-electron chi connectivity index (χ3n) is 12.2. The molecule has 11 heteroatoms. The van der Waals surface area contributed by atoms with Gasteiger partial charge >= 0.3 is 11.9 Å². The Bertz CT molecular complexity index is 1400. The lowest BCUT2D eigenvalue weighted by molar-refractivity contribution is -0.344. The minimum absolute atomic E-state index is 0.105. The van der Waals surface area contributed by atoms with E-state index in [9.17, 15) is 24.9 Å². The molecule has 2 saturated carbocycles. The van der Waals surface area contributed by atoms with Gasteiger partial charge in [0.05, 0.1) is 35.7 Å². The number of fused-ring (bicyclic) bond motifs is 5. The van der Waals surface area contributed by atoms with Crippen LogP contribution in [0.25, 0.3) is 0 Å². The van der Waals surface area contributed by atoms with Crippen molar-refractivity contribution in [2.45, 2.75) is 128 Å². The zero-order valence-electron chi connectivity index (χ0n) is 28.3. The van der Waals surface area contributed by atoms with Crippen LogP contribution in [-0.2, 0) is 28.2 Å². The fourth-order valence-corrected chi connectivity index (χ4v) is 12.1. The summed E-state index contributed by atoms with van der Waals surface area (Å²) in [6, 6.07) is 10.7. The Hall–Kier alpha value is -2.41. The van der Waals surface area contributed by atoms with Crippen molar-refractivity contribution in [2.75, 3.05) is 6.61 Å². The highest BCUT2D eigenvalue weighted by Crippen LogP contribution is 2.64. The molecule has 0 spiro atoms. The predicted molar refractivity (Wildman–Crippen MR) is 171 cm³/mol. The van der Waals surface area contributed by atoms with Crippen LogP contribution in [0, 0.1) is 16.7 Å². The van der Waals surface area contributed by atoms with E-state index in [0.29, 0.717) is 5.57 Å². The molecule has 7 unspecified atom stereocenters. The van der Waals surface area contributed by atoms with Crippen LogP contribution in [0.3, 0.4) is 0 Å². The van der Waals surface area contributed by atoms with Gasteiger partial charge in [-0.1, -0.05) is 52.8 Å². The molecule has 254 valence electrons. The Morgan fingerprint density at radius 1 is 1.04 bits per heavy atom. The lowest BCUT2D eigenvalue weighted by atomic mass is 9.44. The number of rotatable bonds is 8. The molecule has 1 aromatic rings. The monoisotopic (exact) mass is 658 g/mol. The topological polar surface area (TPSA) is 149 Å². The lowest BCUT2D eigenvalue weighted by Gasteiger charge is -2.68. The maximum absolute atomic E-state index is 15.1. The number of hydrogen-bond donors (Lipinski definition) is 3. The van der Waals surface area contributed by atoms with Crippen LogP contribution in [0.1, 0.15) is 78.6 Å². The number of aliphatic hydroxyl groups is 3. The summed E-state index contributed by atoms with van der Waals surface area (Å²) in [6.45, 7) is 14.1. The number of carbonyl (C=O) groups excluding carboxylic acids is 3. The molecule has 10 nitrogen and oxygen atoms in total. The van der Waals surface area contributed by atoms with E-state index in [1.165, 1.54) is 6.92 Å². The predicted octanol–water partition coefficient (Wildman–Crippen LogP) is 4.11. The minimum atomic E-state index is -2.42. The molecule has 4 aliphatic rings. The van der Waals surface area contributed by atoms with Gasteiger partial charge in [-0.25, -0.2) is 4.79 Å². The van der Waals surface area contributed by atoms with Gasteiger partial charge in [-0.3, -0.25) is 9.59 Å². The Morgan fingerprint density at radius 2 is 1.65 bits per heavy atom. The first-order chi connectivity index (χ1) is 21.5. The van der Waals surface area contributed by atoms with Crippen molar-refractivity contribution in [2.24, 2.45) is 16.7 Å². The number of aliphatic hydroxyl groups excluding tert-OH is 2. The standard InChI is InChI=1S/C35H50O10Si/c1-9-46(10-2,11-3)45-24-17-25-34(19-42-25,44-21(5)36)28-30(43-31(40)22-15-13-12-14-16-22)35(41)18-23(37)20(4)26(32(35,6)7)27(38)29(39)33(24,28)8/h12-16,23-25,27-28,30,37-38,41H,9-11,17-19H2,1-8H3/t23?,24-,25?,27?,28?,30?,33+,34?,35?/m0/s1. The molecule has 2 bridgehead atoms. The Morgan fingerprint density at radius 3 is 2.17 bits per heavy atom. The second-order valence-electron chi connectivity index (χ2n) is 14.5. The van der Waals surface area contributed by atoms with Crippen molar-refractivity contribution < 1.29 is 48.3 Å². The molecular weight excluding hydrogens is 608 g/mol. The van der Waals surface area contributed by atoms with Crippen molar-refractivity contribution in [3.8, 4) is 0 Å². The summed E-state index contributed by atoms with van der Waals surface area (Å²) < 4.78 is 25.7. The molecule has 5 rings (SSSR count). The maximum atomic E-state index is 15.1. The van der Waals surface area contributed by atoms with Crippen LogP contribution in [0.4, 0.5) is 0 Å². The molecule has 1 saturated heterocycles. The maximum Gasteiger partial charge on any atom is 0.338 e. The van der Waals surface area contributed by atoms with Gasteiger partial charge in [0.25, 0.3) is 0 Å². The summed E-state index contributed by atoms with van der Waals surface area (Å²) in [4.78, 5) is 41.9. The zero-order valence-corrected chi connectivity index (χ0v) is 29.3. The van der Waals surface area contributed by atoms with Crippen molar-refractivity contribution in [3.05, 3.63) is 47.0 Å². The van der Waals surface area contributed by atoms with Crippen LogP contribution < -0.4 is 0 Å². The fourth-order valence-electron chi connectivity index (χ4n) is 9.11. The summed E-state index contributed by atoms with van der Waals surface area (Å²) in [6.07, 6.45) is -6.03. The molecular formula is C35H50O10Si. The quantitative estimate of drug-likeness (QED) is 0.212. The summed E-state index contributed by atoms with van der Waals surface area (Å²) in [7, 11) is -2.42. The first kappa shape index (κ1) is 34.9. The Balaban J connectivity index is 1.84. The van der Waals surface area contributed by atoms with Crippen molar-refractivity contribution in [1.82, 2.24) is 0 Å². The SMILES string of the molecule is CC[Si](CC)(CC)O[C@H]1CC2OCC2(OC(C)=O)C2C(OC(=O)c3ccccc3)C3(O)CC(O)C(C)=C(C(O)C(=O)[C@@]21C)C3(C)C. The molecule has 1 heterocycles. The molecule has 3 aliphatic carbocycles. The molecule has 1 aliphatic heterocycles. The smallest absolute Gasteiger partial charge is 0.338 e. The Labute approximate surface area is 272 Å². The van der Waals surface area contributed by atoms with Gasteiger partial charge in [0.1, 0.15) is 23.9 Å². The van der Waals surface area contributed by atoms with Crippen LogP contribution in [-0.4, -0.2) is 89.7 Å². The second kappa shape index (κ2) is 11.9. The van der Waals surface area contributed by atoms with Crippen LogP contribution in [0.2, 0.25) is 18.1 Å². The van der Waals surface area contributed by atoms with Gasteiger partial charge in [-0.2, -0.15) is 0 Å². The van der Waals surface area contributed by atoms with Gasteiger partial charge in [-0.15, -0.1) is 0 Å². The summed E-state index contributed by atoms with van der Waals surface area (Å²) in [5.74, 6) is -3.16. The number of benzene rings is 1. The third-order valence-corrected chi connectivity index (χ3v) is 16.9. The second-order valence-corrected chi connectivity index (χ2v) is 19.2. The van der Waals surface area contributed by atoms with E-state index in [2.05, 4.69) is 20.8 Å². The average Bonchev–Trinajstić information content (AvgIpc) is 3.01. The Kier molecular flexibility index (Phi) is 9.05. The number of Topliss-reactive ketones (excluding diaryl/α,β-unsaturated/α-hetero) is 1. The van der Waals surface area contributed by atoms with Crippen LogP contribution in [0.5, 0.6) is 0 Å². The van der Waals surface area contributed by atoms with Crippen molar-refractivity contribution >= 4 is 26.0 Å². The molecule has 9 atom stereocenters. The molecule has 0 amide bonds. The molecule has 0 aromatic heterocycles. The van der Waals surface area contributed by atoms with E-state index >= 15 is 4.79 Å². The minimum Gasteiger partial charge on any atom is -0.455 e. The van der Waals surface area contributed by atoms with Crippen molar-refractivity contribution in [3.63, 3.8) is 0 Å². The number of hydrogen-bond acceptors (Lipinski definition) is 10. The largest absolute Gasteiger partial charge is 0.455 e.